The molecule has 6 nitrogen and oxygen atoms in total. The molecule has 0 spiro atoms. The first kappa shape index (κ1) is 13.5. The van der Waals surface area contributed by atoms with Crippen molar-refractivity contribution < 1.29 is 8.42 Å². The number of aromatic nitrogens is 2. The Bertz CT molecular complexity index is 482. The fourth-order valence-corrected chi connectivity index (χ4v) is 3.42. The van der Waals surface area contributed by atoms with Crippen LogP contribution in [0.25, 0.3) is 0 Å². The Morgan fingerprint density at radius 3 is 2.89 bits per heavy atom. The van der Waals surface area contributed by atoms with Crippen molar-refractivity contribution in [3.05, 3.63) is 12.0 Å². The lowest BCUT2D eigenvalue weighted by Gasteiger charge is -2.14. The number of nitrogens with one attached hydrogen (secondary N) is 2. The molecule has 102 valence electrons. The van der Waals surface area contributed by atoms with Crippen LogP contribution < -0.4 is 10.0 Å². The average molecular weight is 272 g/mol. The number of sulfonamides is 1. The van der Waals surface area contributed by atoms with E-state index in [1.54, 1.807) is 24.7 Å². The summed E-state index contributed by atoms with van der Waals surface area (Å²) >= 11 is 0. The van der Waals surface area contributed by atoms with Gasteiger partial charge in [0.25, 0.3) is 10.0 Å². The van der Waals surface area contributed by atoms with Crippen LogP contribution in [0.3, 0.4) is 0 Å². The van der Waals surface area contributed by atoms with Gasteiger partial charge in [0.2, 0.25) is 0 Å². The molecule has 1 aliphatic rings. The lowest BCUT2D eigenvalue weighted by molar-refractivity contribution is 0.516. The van der Waals surface area contributed by atoms with Crippen molar-refractivity contribution in [1.82, 2.24) is 19.6 Å². The zero-order valence-electron chi connectivity index (χ0n) is 10.8. The van der Waals surface area contributed by atoms with Crippen molar-refractivity contribution in [2.24, 2.45) is 7.05 Å². The van der Waals surface area contributed by atoms with Gasteiger partial charge in [-0.25, -0.2) is 18.1 Å². The molecule has 0 amide bonds. The third-order valence-electron chi connectivity index (χ3n) is 3.26. The molecule has 1 atom stereocenters. The normalized spacial score (nSPS) is 21.8. The van der Waals surface area contributed by atoms with Gasteiger partial charge in [-0.3, -0.25) is 0 Å². The molecule has 0 saturated carbocycles. The summed E-state index contributed by atoms with van der Waals surface area (Å²) in [6.07, 6.45) is 4.24. The zero-order chi connectivity index (χ0) is 13.2. The summed E-state index contributed by atoms with van der Waals surface area (Å²) in [4.78, 5) is 4.07. The third-order valence-corrected chi connectivity index (χ3v) is 4.65. The van der Waals surface area contributed by atoms with Crippen molar-refractivity contribution in [1.29, 1.82) is 0 Å². The molecule has 0 aromatic carbocycles. The van der Waals surface area contributed by atoms with Crippen LogP contribution in [-0.2, 0) is 17.1 Å². The molecular formula is C11H20N4O2S. The van der Waals surface area contributed by atoms with E-state index in [1.165, 1.54) is 0 Å². The highest BCUT2D eigenvalue weighted by Crippen LogP contribution is 2.12. The first-order chi connectivity index (χ1) is 8.49. The molecule has 18 heavy (non-hydrogen) atoms. The summed E-state index contributed by atoms with van der Waals surface area (Å²) in [7, 11) is -1.70. The second-order valence-electron chi connectivity index (χ2n) is 4.74. The van der Waals surface area contributed by atoms with E-state index in [0.717, 1.165) is 32.4 Å². The van der Waals surface area contributed by atoms with Crippen molar-refractivity contribution in [2.45, 2.75) is 37.3 Å². The van der Waals surface area contributed by atoms with Gasteiger partial charge < -0.3 is 9.88 Å². The minimum Gasteiger partial charge on any atom is -0.337 e. The summed E-state index contributed by atoms with van der Waals surface area (Å²) < 4.78 is 28.8. The molecule has 1 saturated heterocycles. The summed E-state index contributed by atoms with van der Waals surface area (Å²) in [5, 5.41) is 3.37. The first-order valence-corrected chi connectivity index (χ1v) is 7.70. The lowest BCUT2D eigenvalue weighted by atomic mass is 10.1. The van der Waals surface area contributed by atoms with Crippen LogP contribution in [0.1, 0.15) is 25.1 Å². The Kier molecular flexibility index (Phi) is 4.04. The number of imidazole rings is 1. The number of hydrogen-bond acceptors (Lipinski definition) is 4. The van der Waals surface area contributed by atoms with E-state index in [4.69, 9.17) is 0 Å². The third kappa shape index (κ3) is 3.09. The van der Waals surface area contributed by atoms with E-state index >= 15 is 0 Å². The van der Waals surface area contributed by atoms with Crippen LogP contribution in [0.15, 0.2) is 11.2 Å². The molecule has 2 rings (SSSR count). The van der Waals surface area contributed by atoms with E-state index < -0.39 is 10.0 Å². The van der Waals surface area contributed by atoms with Crippen LogP contribution in [0.2, 0.25) is 0 Å². The maximum Gasteiger partial charge on any atom is 0.259 e. The Morgan fingerprint density at radius 1 is 1.44 bits per heavy atom. The summed E-state index contributed by atoms with van der Waals surface area (Å²) in [5.41, 5.74) is 0. The van der Waals surface area contributed by atoms with Crippen molar-refractivity contribution in [2.75, 3.05) is 13.1 Å². The number of nitrogens with zero attached hydrogens (tertiary/aromatic N) is 2. The van der Waals surface area contributed by atoms with Crippen LogP contribution >= 0.6 is 0 Å². The summed E-state index contributed by atoms with van der Waals surface area (Å²) in [6, 6.07) is 0.00677. The summed E-state index contributed by atoms with van der Waals surface area (Å²) in [5.74, 6) is 0.693. The minimum atomic E-state index is -3.49. The van der Waals surface area contributed by atoms with Crippen molar-refractivity contribution in [3.8, 4) is 0 Å². The Labute approximate surface area is 108 Å². The fourth-order valence-electron chi connectivity index (χ4n) is 2.07. The second kappa shape index (κ2) is 5.38. The molecular weight excluding hydrogens is 252 g/mol. The molecule has 7 heteroatoms. The SMILES string of the molecule is Cc1nc(S(=O)(=O)NC2CCCNCC2)cn1C. The smallest absolute Gasteiger partial charge is 0.259 e. The molecule has 1 aromatic rings. The monoisotopic (exact) mass is 272 g/mol. The highest BCUT2D eigenvalue weighted by molar-refractivity contribution is 7.89. The standard InChI is InChI=1S/C11H20N4O2S/c1-9-13-11(8-15(9)2)18(16,17)14-10-4-3-6-12-7-5-10/h8,10,12,14H,3-7H2,1-2H3. The van der Waals surface area contributed by atoms with E-state index in [2.05, 4.69) is 15.0 Å². The maximum absolute atomic E-state index is 12.2. The molecule has 1 fully saturated rings. The quantitative estimate of drug-likeness (QED) is 0.821. The topological polar surface area (TPSA) is 76.0 Å². The molecule has 0 radical (unpaired) electrons. The number of rotatable bonds is 3. The van der Waals surface area contributed by atoms with Crippen LogP contribution in [0.5, 0.6) is 0 Å². The predicted molar refractivity (Wildman–Crippen MR) is 68.8 cm³/mol. The van der Waals surface area contributed by atoms with Gasteiger partial charge in [0.15, 0.2) is 5.03 Å². The maximum atomic E-state index is 12.2. The van der Waals surface area contributed by atoms with Gasteiger partial charge in [-0.1, -0.05) is 0 Å². The van der Waals surface area contributed by atoms with E-state index in [9.17, 15) is 8.42 Å². The van der Waals surface area contributed by atoms with Gasteiger partial charge in [0.1, 0.15) is 5.82 Å². The van der Waals surface area contributed by atoms with Gasteiger partial charge in [0.05, 0.1) is 0 Å². The Morgan fingerprint density at radius 2 is 2.22 bits per heavy atom. The minimum absolute atomic E-state index is 0.00677. The predicted octanol–water partition coefficient (Wildman–Crippen LogP) is 0.149. The van der Waals surface area contributed by atoms with E-state index in [0.29, 0.717) is 5.82 Å². The number of aryl methyl sites for hydroxylation is 2. The van der Waals surface area contributed by atoms with E-state index in [1.807, 2.05) is 0 Å². The fraction of sp³-hybridized carbons (Fsp3) is 0.727. The van der Waals surface area contributed by atoms with Gasteiger partial charge in [-0.05, 0) is 39.3 Å². The second-order valence-corrected chi connectivity index (χ2v) is 6.40. The van der Waals surface area contributed by atoms with Crippen LogP contribution in [0, 0.1) is 6.92 Å². The molecule has 2 N–H and O–H groups in total. The highest BCUT2D eigenvalue weighted by Gasteiger charge is 2.23. The lowest BCUT2D eigenvalue weighted by Crippen LogP contribution is -2.35. The largest absolute Gasteiger partial charge is 0.337 e. The first-order valence-electron chi connectivity index (χ1n) is 6.22. The molecule has 0 bridgehead atoms. The van der Waals surface area contributed by atoms with Gasteiger partial charge >= 0.3 is 0 Å². The molecule has 1 aromatic heterocycles. The van der Waals surface area contributed by atoms with E-state index in [-0.39, 0.29) is 11.1 Å². The van der Waals surface area contributed by atoms with Crippen molar-refractivity contribution in [3.63, 3.8) is 0 Å². The van der Waals surface area contributed by atoms with Crippen LogP contribution in [-0.4, -0.2) is 37.1 Å². The van der Waals surface area contributed by atoms with Gasteiger partial charge in [-0.2, -0.15) is 0 Å². The average Bonchev–Trinajstić information content (AvgIpc) is 2.53. The molecule has 2 heterocycles. The van der Waals surface area contributed by atoms with Crippen LogP contribution in [0.4, 0.5) is 0 Å². The zero-order valence-corrected chi connectivity index (χ0v) is 11.6. The molecule has 1 unspecified atom stereocenters. The number of hydrogen-bond donors (Lipinski definition) is 2. The molecule has 1 aliphatic heterocycles. The summed E-state index contributed by atoms with van der Waals surface area (Å²) in [6.45, 7) is 3.60. The Balaban J connectivity index is 2.11. The van der Waals surface area contributed by atoms with Crippen molar-refractivity contribution >= 4 is 10.0 Å². The Hall–Kier alpha value is -0.920. The highest BCUT2D eigenvalue weighted by atomic mass is 32.2. The van der Waals surface area contributed by atoms with Gasteiger partial charge in [-0.15, -0.1) is 0 Å². The van der Waals surface area contributed by atoms with Gasteiger partial charge in [0, 0.05) is 19.3 Å². The molecule has 0 aliphatic carbocycles.